The molecule has 0 aromatic heterocycles. The monoisotopic (exact) mass is 195 g/mol. The summed E-state index contributed by atoms with van der Waals surface area (Å²) in [7, 11) is 0.502. The van der Waals surface area contributed by atoms with Gasteiger partial charge in [0.1, 0.15) is 16.8 Å². The van der Waals surface area contributed by atoms with Crippen LogP contribution < -0.4 is 0 Å². The largest absolute Gasteiger partial charge is 0.139 e. The first kappa shape index (κ1) is 10.6. The van der Waals surface area contributed by atoms with Crippen LogP contribution in [0.3, 0.4) is 0 Å². The Morgan fingerprint density at radius 2 is 2.23 bits per heavy atom. The lowest BCUT2D eigenvalue weighted by Crippen LogP contribution is -2.25. The molecular weight excluding hydrogens is 176 g/mol. The molecule has 0 radical (unpaired) electrons. The van der Waals surface area contributed by atoms with Gasteiger partial charge >= 0.3 is 0 Å². The van der Waals surface area contributed by atoms with Gasteiger partial charge in [-0.3, -0.25) is 0 Å². The molecule has 0 bridgehead atoms. The van der Waals surface area contributed by atoms with E-state index in [0.717, 1.165) is 0 Å². The molecule has 2 unspecified atom stereocenters. The van der Waals surface area contributed by atoms with Crippen LogP contribution in [-0.4, -0.2) is 16.8 Å². The Balaban J connectivity index is 2.58. The maximum Gasteiger partial charge on any atom is 0.139 e. The SMILES string of the molecule is C=CC[S+]1CCC/C=C\CC1C=C. The summed E-state index contributed by atoms with van der Waals surface area (Å²) in [6, 6.07) is 0. The molecule has 0 saturated carbocycles. The third-order valence-corrected chi connectivity index (χ3v) is 5.05. The summed E-state index contributed by atoms with van der Waals surface area (Å²) < 4.78 is 0. The van der Waals surface area contributed by atoms with Crippen molar-refractivity contribution in [2.24, 2.45) is 0 Å². The van der Waals surface area contributed by atoms with Gasteiger partial charge in [0.15, 0.2) is 0 Å². The highest BCUT2D eigenvalue weighted by Gasteiger charge is 2.25. The summed E-state index contributed by atoms with van der Waals surface area (Å²) in [5, 5.41) is 0.689. The summed E-state index contributed by atoms with van der Waals surface area (Å²) in [5.74, 6) is 2.53. The van der Waals surface area contributed by atoms with Crippen LogP contribution in [0.2, 0.25) is 0 Å². The van der Waals surface area contributed by atoms with Crippen LogP contribution in [0.15, 0.2) is 37.5 Å². The molecule has 0 aromatic carbocycles. The summed E-state index contributed by atoms with van der Waals surface area (Å²) >= 11 is 0. The predicted molar refractivity (Wildman–Crippen MR) is 64.3 cm³/mol. The molecule has 1 heterocycles. The van der Waals surface area contributed by atoms with Crippen LogP contribution in [0.4, 0.5) is 0 Å². The predicted octanol–water partition coefficient (Wildman–Crippen LogP) is 3.09. The van der Waals surface area contributed by atoms with Gasteiger partial charge in [0.2, 0.25) is 0 Å². The minimum atomic E-state index is 0.502. The van der Waals surface area contributed by atoms with E-state index in [1.54, 1.807) is 0 Å². The maximum absolute atomic E-state index is 3.93. The molecule has 1 aliphatic rings. The maximum atomic E-state index is 3.93. The number of hydrogen-bond donors (Lipinski definition) is 0. The van der Waals surface area contributed by atoms with Crippen LogP contribution in [-0.2, 0) is 10.9 Å². The van der Waals surface area contributed by atoms with Crippen LogP contribution in [0.1, 0.15) is 19.3 Å². The van der Waals surface area contributed by atoms with Crippen molar-refractivity contribution in [2.45, 2.75) is 24.5 Å². The first-order valence-corrected chi connectivity index (χ1v) is 6.56. The molecule has 0 nitrogen and oxygen atoms in total. The van der Waals surface area contributed by atoms with Crippen LogP contribution in [0, 0.1) is 0 Å². The lowest BCUT2D eigenvalue weighted by atomic mass is 10.2. The molecule has 0 amide bonds. The van der Waals surface area contributed by atoms with Gasteiger partial charge in [0, 0.05) is 6.42 Å². The zero-order valence-corrected chi connectivity index (χ0v) is 9.06. The third-order valence-electron chi connectivity index (χ3n) is 2.34. The second-order valence-electron chi connectivity index (χ2n) is 3.32. The highest BCUT2D eigenvalue weighted by molar-refractivity contribution is 7.97. The zero-order chi connectivity index (χ0) is 9.52. The second-order valence-corrected chi connectivity index (χ2v) is 5.74. The van der Waals surface area contributed by atoms with Gasteiger partial charge in [0.05, 0.1) is 0 Å². The fourth-order valence-electron chi connectivity index (χ4n) is 1.61. The highest BCUT2D eigenvalue weighted by atomic mass is 32.2. The minimum absolute atomic E-state index is 0.502. The Labute approximate surface area is 84.8 Å². The molecule has 0 saturated heterocycles. The van der Waals surface area contributed by atoms with Crippen molar-refractivity contribution in [2.75, 3.05) is 11.5 Å². The number of hydrogen-bond acceptors (Lipinski definition) is 0. The smallest absolute Gasteiger partial charge is 0.0985 e. The molecule has 1 rings (SSSR count). The van der Waals surface area contributed by atoms with Crippen molar-refractivity contribution >= 4 is 10.9 Å². The zero-order valence-electron chi connectivity index (χ0n) is 8.24. The number of allylic oxidation sites excluding steroid dienone is 2. The second kappa shape index (κ2) is 6.09. The van der Waals surface area contributed by atoms with Crippen molar-refractivity contribution in [3.05, 3.63) is 37.5 Å². The first-order valence-electron chi connectivity index (χ1n) is 4.93. The molecule has 2 atom stereocenters. The molecular formula is C12H19S+. The van der Waals surface area contributed by atoms with E-state index < -0.39 is 0 Å². The van der Waals surface area contributed by atoms with Crippen molar-refractivity contribution in [3.8, 4) is 0 Å². The quantitative estimate of drug-likeness (QED) is 0.479. The third kappa shape index (κ3) is 3.43. The van der Waals surface area contributed by atoms with Crippen molar-refractivity contribution in [1.29, 1.82) is 0 Å². The van der Waals surface area contributed by atoms with Gasteiger partial charge < -0.3 is 0 Å². The first-order chi connectivity index (χ1) is 6.38. The Morgan fingerprint density at radius 3 is 2.92 bits per heavy atom. The van der Waals surface area contributed by atoms with E-state index in [1.807, 2.05) is 0 Å². The highest BCUT2D eigenvalue weighted by Crippen LogP contribution is 2.17. The van der Waals surface area contributed by atoms with Gasteiger partial charge in [-0.05, 0) is 35.9 Å². The van der Waals surface area contributed by atoms with E-state index in [4.69, 9.17) is 0 Å². The molecule has 0 aliphatic carbocycles. The average molecular weight is 195 g/mol. The van der Waals surface area contributed by atoms with E-state index in [2.05, 4.69) is 37.5 Å². The van der Waals surface area contributed by atoms with Gasteiger partial charge in [-0.2, -0.15) is 0 Å². The minimum Gasteiger partial charge on any atom is -0.0985 e. The molecule has 0 N–H and O–H groups in total. The van der Waals surface area contributed by atoms with Crippen molar-refractivity contribution in [3.63, 3.8) is 0 Å². The molecule has 0 aromatic rings. The Bertz CT molecular complexity index is 193. The Hall–Kier alpha value is -0.430. The summed E-state index contributed by atoms with van der Waals surface area (Å²) in [6.07, 6.45) is 12.6. The van der Waals surface area contributed by atoms with Crippen LogP contribution in [0.5, 0.6) is 0 Å². The normalized spacial score (nSPS) is 31.4. The van der Waals surface area contributed by atoms with E-state index in [9.17, 15) is 0 Å². The molecule has 1 aliphatic heterocycles. The summed E-state index contributed by atoms with van der Waals surface area (Å²) in [4.78, 5) is 0. The van der Waals surface area contributed by atoms with Gasteiger partial charge in [-0.1, -0.05) is 25.3 Å². The Kier molecular flexibility index (Phi) is 4.99. The summed E-state index contributed by atoms with van der Waals surface area (Å²) in [6.45, 7) is 7.76. The van der Waals surface area contributed by atoms with Crippen molar-refractivity contribution in [1.82, 2.24) is 0 Å². The van der Waals surface area contributed by atoms with Gasteiger partial charge in [-0.25, -0.2) is 0 Å². The average Bonchev–Trinajstić information content (AvgIpc) is 2.10. The van der Waals surface area contributed by atoms with Gasteiger partial charge in [0.25, 0.3) is 0 Å². The summed E-state index contributed by atoms with van der Waals surface area (Å²) in [5.41, 5.74) is 0. The fourth-order valence-corrected chi connectivity index (χ4v) is 3.83. The topological polar surface area (TPSA) is 0 Å². The van der Waals surface area contributed by atoms with Crippen LogP contribution >= 0.6 is 0 Å². The van der Waals surface area contributed by atoms with Crippen LogP contribution in [0.25, 0.3) is 0 Å². The molecule has 1 heteroatoms. The van der Waals surface area contributed by atoms with E-state index >= 15 is 0 Å². The molecule has 13 heavy (non-hydrogen) atoms. The van der Waals surface area contributed by atoms with E-state index in [0.29, 0.717) is 16.1 Å². The van der Waals surface area contributed by atoms with E-state index in [-0.39, 0.29) is 0 Å². The lowest BCUT2D eigenvalue weighted by molar-refractivity contribution is 0.923. The van der Waals surface area contributed by atoms with E-state index in [1.165, 1.54) is 30.8 Å². The molecule has 0 spiro atoms. The lowest BCUT2D eigenvalue weighted by Gasteiger charge is -2.15. The standard InChI is InChI=1S/C12H19S/c1-3-10-13-11-8-6-5-7-9-12(13)4-2/h3-5,7,12H,1-2,6,8-11H2/q+1/b7-5-. The van der Waals surface area contributed by atoms with Gasteiger partial charge in [-0.15, -0.1) is 0 Å². The molecule has 72 valence electrons. The van der Waals surface area contributed by atoms with Crippen molar-refractivity contribution < 1.29 is 0 Å². The Morgan fingerprint density at radius 1 is 1.38 bits per heavy atom. The number of rotatable bonds is 3. The fraction of sp³-hybridized carbons (Fsp3) is 0.500. The molecule has 0 fully saturated rings.